The first-order valence-corrected chi connectivity index (χ1v) is 6.16. The zero-order valence-corrected chi connectivity index (χ0v) is 10.3. The summed E-state index contributed by atoms with van der Waals surface area (Å²) in [6.45, 7) is 0. The van der Waals surface area contributed by atoms with Crippen molar-refractivity contribution >= 4 is 55.6 Å². The molecular weight excluding hydrogens is 319 g/mol. The minimum atomic E-state index is 0.307. The van der Waals surface area contributed by atoms with Crippen molar-refractivity contribution in [2.24, 2.45) is 0 Å². The molecule has 0 saturated carbocycles. The number of phenolic OH excluding ortho intramolecular Hbond substituents is 1. The van der Waals surface area contributed by atoms with E-state index in [-0.39, 0.29) is 0 Å². The highest BCUT2D eigenvalue weighted by molar-refractivity contribution is 14.1. The molecule has 1 heterocycles. The van der Waals surface area contributed by atoms with Crippen LogP contribution in [0.2, 0.25) is 0 Å². The van der Waals surface area contributed by atoms with Crippen LogP contribution in [0.4, 0.5) is 0 Å². The molecule has 0 aliphatic carbocycles. The van der Waals surface area contributed by atoms with Gasteiger partial charge in [-0.05, 0) is 45.7 Å². The SMILES string of the molecule is Oc1cc(I)c2scc(CCl)c2c1. The first kappa shape index (κ1) is 9.55. The Morgan fingerprint density at radius 3 is 2.92 bits per heavy atom. The second-order valence-electron chi connectivity index (χ2n) is 2.70. The van der Waals surface area contributed by atoms with E-state index in [1.807, 2.05) is 5.38 Å². The van der Waals surface area contributed by atoms with Gasteiger partial charge in [0.25, 0.3) is 0 Å². The maximum atomic E-state index is 9.41. The summed E-state index contributed by atoms with van der Waals surface area (Å²) in [5, 5.41) is 12.5. The molecule has 0 bridgehead atoms. The molecule has 1 N–H and O–H groups in total. The first-order chi connectivity index (χ1) is 6.22. The molecule has 1 aromatic heterocycles. The minimum absolute atomic E-state index is 0.307. The van der Waals surface area contributed by atoms with Crippen molar-refractivity contribution in [1.29, 1.82) is 0 Å². The second-order valence-corrected chi connectivity index (χ2v) is 5.01. The predicted octanol–water partition coefficient (Wildman–Crippen LogP) is 3.95. The Morgan fingerprint density at radius 2 is 2.23 bits per heavy atom. The van der Waals surface area contributed by atoms with Crippen LogP contribution < -0.4 is 0 Å². The quantitative estimate of drug-likeness (QED) is 0.622. The molecule has 0 fully saturated rings. The highest BCUT2D eigenvalue weighted by Gasteiger charge is 2.07. The molecule has 1 aromatic carbocycles. The molecule has 0 aliphatic rings. The smallest absolute Gasteiger partial charge is 0.117 e. The Kier molecular flexibility index (Phi) is 2.67. The van der Waals surface area contributed by atoms with Gasteiger partial charge >= 0.3 is 0 Å². The third-order valence-electron chi connectivity index (χ3n) is 1.84. The van der Waals surface area contributed by atoms with Crippen LogP contribution in [0.15, 0.2) is 17.5 Å². The van der Waals surface area contributed by atoms with Gasteiger partial charge in [-0.15, -0.1) is 22.9 Å². The predicted molar refractivity (Wildman–Crippen MR) is 65.8 cm³/mol. The highest BCUT2D eigenvalue weighted by atomic mass is 127. The van der Waals surface area contributed by atoms with Crippen LogP contribution in [0.3, 0.4) is 0 Å². The van der Waals surface area contributed by atoms with Gasteiger partial charge in [0, 0.05) is 19.5 Å². The zero-order chi connectivity index (χ0) is 9.42. The van der Waals surface area contributed by atoms with Crippen molar-refractivity contribution in [3.63, 3.8) is 0 Å². The van der Waals surface area contributed by atoms with Gasteiger partial charge in [0.1, 0.15) is 5.75 Å². The minimum Gasteiger partial charge on any atom is -0.508 e. The zero-order valence-electron chi connectivity index (χ0n) is 6.55. The Hall–Kier alpha value is -0.000000000000000111. The fraction of sp³-hybridized carbons (Fsp3) is 0.111. The molecule has 0 unspecified atom stereocenters. The third-order valence-corrected chi connectivity index (χ3v) is 4.42. The number of phenols is 1. The Balaban J connectivity index is 2.82. The molecule has 2 rings (SSSR count). The Labute approximate surface area is 98.5 Å². The molecule has 0 amide bonds. The number of aromatic hydroxyl groups is 1. The number of rotatable bonds is 1. The third kappa shape index (κ3) is 1.65. The molecule has 0 aliphatic heterocycles. The molecule has 2 aromatic rings. The van der Waals surface area contributed by atoms with Crippen LogP contribution in [0.1, 0.15) is 5.56 Å². The van der Waals surface area contributed by atoms with Gasteiger partial charge in [-0.25, -0.2) is 0 Å². The topological polar surface area (TPSA) is 20.2 Å². The number of halogens is 2. The van der Waals surface area contributed by atoms with Gasteiger partial charge in [-0.1, -0.05) is 0 Å². The normalized spacial score (nSPS) is 10.9. The summed E-state index contributed by atoms with van der Waals surface area (Å²) in [5.41, 5.74) is 1.09. The average molecular weight is 325 g/mol. The van der Waals surface area contributed by atoms with Gasteiger partial charge in [-0.2, -0.15) is 0 Å². The fourth-order valence-corrected chi connectivity index (χ4v) is 3.50. The van der Waals surface area contributed by atoms with Crippen LogP contribution in [0, 0.1) is 3.57 Å². The summed E-state index contributed by atoms with van der Waals surface area (Å²) in [6.07, 6.45) is 0. The van der Waals surface area contributed by atoms with E-state index in [4.69, 9.17) is 11.6 Å². The lowest BCUT2D eigenvalue weighted by atomic mass is 10.2. The van der Waals surface area contributed by atoms with Crippen LogP contribution in [-0.4, -0.2) is 5.11 Å². The summed E-state index contributed by atoms with van der Waals surface area (Å²) < 4.78 is 2.28. The van der Waals surface area contributed by atoms with Crippen LogP contribution in [-0.2, 0) is 5.88 Å². The van der Waals surface area contributed by atoms with Crippen molar-refractivity contribution in [2.45, 2.75) is 5.88 Å². The van der Waals surface area contributed by atoms with Crippen LogP contribution in [0.25, 0.3) is 10.1 Å². The van der Waals surface area contributed by atoms with Crippen molar-refractivity contribution < 1.29 is 5.11 Å². The molecule has 0 spiro atoms. The maximum absolute atomic E-state index is 9.41. The number of hydrogen-bond acceptors (Lipinski definition) is 2. The second kappa shape index (κ2) is 3.63. The Bertz CT molecular complexity index is 452. The van der Waals surface area contributed by atoms with Gasteiger partial charge in [0.2, 0.25) is 0 Å². The Morgan fingerprint density at radius 1 is 1.46 bits per heavy atom. The van der Waals surface area contributed by atoms with E-state index >= 15 is 0 Å². The van der Waals surface area contributed by atoms with Gasteiger partial charge in [0.05, 0.1) is 0 Å². The summed E-state index contributed by atoms with van der Waals surface area (Å²) in [6, 6.07) is 3.53. The van der Waals surface area contributed by atoms with E-state index < -0.39 is 0 Å². The number of fused-ring (bicyclic) bond motifs is 1. The van der Waals surface area contributed by atoms with Crippen LogP contribution >= 0.6 is 45.5 Å². The van der Waals surface area contributed by atoms with Crippen LogP contribution in [0.5, 0.6) is 5.75 Å². The van der Waals surface area contributed by atoms with Gasteiger partial charge in [-0.3, -0.25) is 0 Å². The lowest BCUT2D eigenvalue weighted by Crippen LogP contribution is -1.76. The van der Waals surface area contributed by atoms with Gasteiger partial charge < -0.3 is 5.11 Å². The lowest BCUT2D eigenvalue weighted by Gasteiger charge is -1.97. The lowest BCUT2D eigenvalue weighted by molar-refractivity contribution is 0.476. The van der Waals surface area contributed by atoms with E-state index in [1.54, 1.807) is 23.5 Å². The summed E-state index contributed by atoms with van der Waals surface area (Å²) in [5.74, 6) is 0.807. The molecule has 0 radical (unpaired) electrons. The number of alkyl halides is 1. The largest absolute Gasteiger partial charge is 0.508 e. The molecule has 0 saturated heterocycles. The van der Waals surface area contributed by atoms with E-state index in [1.165, 1.54) is 4.70 Å². The average Bonchev–Trinajstić information content (AvgIpc) is 2.47. The molecule has 1 nitrogen and oxygen atoms in total. The van der Waals surface area contributed by atoms with E-state index in [9.17, 15) is 5.11 Å². The first-order valence-electron chi connectivity index (χ1n) is 3.67. The number of hydrogen-bond donors (Lipinski definition) is 1. The summed E-state index contributed by atoms with van der Waals surface area (Å²) in [7, 11) is 0. The molecule has 0 atom stereocenters. The molecular formula is C9H6ClIOS. The summed E-state index contributed by atoms with van der Waals surface area (Å²) in [4.78, 5) is 0. The highest BCUT2D eigenvalue weighted by Crippen LogP contribution is 2.33. The summed E-state index contributed by atoms with van der Waals surface area (Å²) >= 11 is 9.67. The van der Waals surface area contributed by atoms with E-state index in [0.717, 1.165) is 14.5 Å². The van der Waals surface area contributed by atoms with E-state index in [0.29, 0.717) is 11.6 Å². The number of thiophene rings is 1. The van der Waals surface area contributed by atoms with Crippen molar-refractivity contribution in [2.75, 3.05) is 0 Å². The molecule has 68 valence electrons. The van der Waals surface area contributed by atoms with Gasteiger partial charge in [0.15, 0.2) is 0 Å². The molecule has 13 heavy (non-hydrogen) atoms. The maximum Gasteiger partial charge on any atom is 0.117 e. The van der Waals surface area contributed by atoms with Crippen molar-refractivity contribution in [3.05, 3.63) is 26.6 Å². The van der Waals surface area contributed by atoms with Crippen molar-refractivity contribution in [1.82, 2.24) is 0 Å². The monoisotopic (exact) mass is 324 g/mol. The van der Waals surface area contributed by atoms with E-state index in [2.05, 4.69) is 22.6 Å². The number of benzene rings is 1. The van der Waals surface area contributed by atoms with Crippen molar-refractivity contribution in [3.8, 4) is 5.75 Å². The molecule has 4 heteroatoms. The standard InChI is InChI=1S/C9H6ClIOS/c10-3-5-4-13-9-7(5)1-6(12)2-8(9)11/h1-2,4,12H,3H2. The fourth-order valence-electron chi connectivity index (χ4n) is 1.23.